The third kappa shape index (κ3) is 3.55. The highest BCUT2D eigenvalue weighted by Gasteiger charge is 2.20. The number of nitrogens with one attached hydrogen (secondary N) is 1. The minimum atomic E-state index is -0.256. The first-order chi connectivity index (χ1) is 11.1. The summed E-state index contributed by atoms with van der Waals surface area (Å²) in [5, 5.41) is 7.55. The number of hydrogen-bond acceptors (Lipinski definition) is 5. The fraction of sp³-hybridized carbons (Fsp3) is 0.125. The van der Waals surface area contributed by atoms with Crippen molar-refractivity contribution in [3.63, 3.8) is 0 Å². The molecule has 5 nitrogen and oxygen atoms in total. The Morgan fingerprint density at radius 2 is 1.87 bits per heavy atom. The predicted octanol–water partition coefficient (Wildman–Crippen LogP) is 3.74. The second-order valence-electron chi connectivity index (χ2n) is 4.93. The molecule has 23 heavy (non-hydrogen) atoms. The minimum absolute atomic E-state index is 0.148. The summed E-state index contributed by atoms with van der Waals surface area (Å²) in [5.74, 6) is -0.256. The quantitative estimate of drug-likeness (QED) is 0.782. The van der Waals surface area contributed by atoms with Crippen LogP contribution in [0.1, 0.15) is 29.0 Å². The molecule has 7 heteroatoms. The summed E-state index contributed by atoms with van der Waals surface area (Å²) in [6.07, 6.45) is 3.39. The van der Waals surface area contributed by atoms with Crippen LogP contribution in [0.2, 0.25) is 5.02 Å². The number of rotatable bonds is 4. The van der Waals surface area contributed by atoms with Gasteiger partial charge in [-0.05, 0) is 53.8 Å². The highest BCUT2D eigenvalue weighted by molar-refractivity contribution is 7.09. The molecule has 0 aliphatic rings. The minimum Gasteiger partial charge on any atom is -0.344 e. The fourth-order valence-electron chi connectivity index (χ4n) is 2.13. The highest BCUT2D eigenvalue weighted by Crippen LogP contribution is 2.27. The Labute approximate surface area is 142 Å². The molecule has 0 aliphatic heterocycles. The van der Waals surface area contributed by atoms with Gasteiger partial charge in [0.05, 0.1) is 10.9 Å². The van der Waals surface area contributed by atoms with Crippen LogP contribution >= 0.6 is 23.1 Å². The van der Waals surface area contributed by atoms with Crippen LogP contribution in [0.4, 0.5) is 0 Å². The number of benzene rings is 1. The Morgan fingerprint density at radius 1 is 1.17 bits per heavy atom. The number of halogens is 1. The SMILES string of the molecule is C[C@H](NC(=O)c1nnsc1-c1ccc(Cl)cc1)c1ccncc1. The molecule has 1 N–H and O–H groups in total. The first kappa shape index (κ1) is 15.6. The van der Waals surface area contributed by atoms with Crippen molar-refractivity contribution in [1.82, 2.24) is 19.9 Å². The van der Waals surface area contributed by atoms with E-state index in [-0.39, 0.29) is 11.9 Å². The number of carbonyl (C=O) groups is 1. The van der Waals surface area contributed by atoms with Crippen LogP contribution in [0.15, 0.2) is 48.8 Å². The van der Waals surface area contributed by atoms with E-state index in [1.54, 1.807) is 24.5 Å². The van der Waals surface area contributed by atoms with Gasteiger partial charge in [0.25, 0.3) is 5.91 Å². The van der Waals surface area contributed by atoms with Crippen molar-refractivity contribution in [2.45, 2.75) is 13.0 Å². The summed E-state index contributed by atoms with van der Waals surface area (Å²) >= 11 is 7.08. The van der Waals surface area contributed by atoms with E-state index in [1.165, 1.54) is 11.5 Å². The lowest BCUT2D eigenvalue weighted by atomic mass is 10.1. The molecule has 0 aliphatic carbocycles. The second-order valence-corrected chi connectivity index (χ2v) is 6.12. The van der Waals surface area contributed by atoms with E-state index in [0.717, 1.165) is 16.0 Å². The molecule has 2 heterocycles. The maximum atomic E-state index is 12.5. The van der Waals surface area contributed by atoms with Crippen LogP contribution in [-0.2, 0) is 0 Å². The zero-order valence-corrected chi connectivity index (χ0v) is 13.8. The number of carbonyl (C=O) groups excluding carboxylic acids is 1. The van der Waals surface area contributed by atoms with E-state index in [9.17, 15) is 4.79 Å². The molecule has 0 fully saturated rings. The monoisotopic (exact) mass is 344 g/mol. The van der Waals surface area contributed by atoms with Gasteiger partial charge in [-0.2, -0.15) is 0 Å². The topological polar surface area (TPSA) is 67.8 Å². The molecule has 0 saturated heterocycles. The number of amides is 1. The molecule has 116 valence electrons. The van der Waals surface area contributed by atoms with Gasteiger partial charge in [-0.3, -0.25) is 9.78 Å². The van der Waals surface area contributed by atoms with Gasteiger partial charge in [0.1, 0.15) is 0 Å². The number of nitrogens with zero attached hydrogens (tertiary/aromatic N) is 3. The first-order valence-corrected chi connectivity index (χ1v) is 8.09. The molecule has 1 amide bonds. The summed E-state index contributed by atoms with van der Waals surface area (Å²) in [7, 11) is 0. The molecular formula is C16H13ClN4OS. The summed E-state index contributed by atoms with van der Waals surface area (Å²) < 4.78 is 3.91. The third-order valence-electron chi connectivity index (χ3n) is 3.36. The van der Waals surface area contributed by atoms with Gasteiger partial charge in [0.15, 0.2) is 5.69 Å². The van der Waals surface area contributed by atoms with Gasteiger partial charge in [-0.25, -0.2) is 0 Å². The van der Waals surface area contributed by atoms with E-state index in [4.69, 9.17) is 11.6 Å². The average molecular weight is 345 g/mol. The van der Waals surface area contributed by atoms with Crippen LogP contribution in [0.3, 0.4) is 0 Å². The lowest BCUT2D eigenvalue weighted by Crippen LogP contribution is -2.27. The number of aromatic nitrogens is 3. The van der Waals surface area contributed by atoms with Crippen LogP contribution in [0.5, 0.6) is 0 Å². The number of hydrogen-bond donors (Lipinski definition) is 1. The highest BCUT2D eigenvalue weighted by atomic mass is 35.5. The molecular weight excluding hydrogens is 332 g/mol. The van der Waals surface area contributed by atoms with Crippen molar-refractivity contribution in [2.24, 2.45) is 0 Å². The first-order valence-electron chi connectivity index (χ1n) is 6.94. The zero-order valence-electron chi connectivity index (χ0n) is 12.2. The smallest absolute Gasteiger partial charge is 0.273 e. The molecule has 0 saturated carbocycles. The van der Waals surface area contributed by atoms with Gasteiger partial charge in [0.2, 0.25) is 0 Å². The van der Waals surface area contributed by atoms with Crippen molar-refractivity contribution in [3.05, 3.63) is 65.1 Å². The maximum absolute atomic E-state index is 12.5. The molecule has 0 spiro atoms. The number of pyridine rings is 1. The Hall–Kier alpha value is -2.31. The van der Waals surface area contributed by atoms with Gasteiger partial charge in [-0.1, -0.05) is 28.2 Å². The Bertz CT molecular complexity index is 804. The average Bonchev–Trinajstić information content (AvgIpc) is 3.06. The molecule has 3 aromatic rings. The van der Waals surface area contributed by atoms with Crippen molar-refractivity contribution >= 4 is 29.0 Å². The maximum Gasteiger partial charge on any atom is 0.273 e. The summed E-state index contributed by atoms with van der Waals surface area (Å²) in [6.45, 7) is 1.91. The van der Waals surface area contributed by atoms with Gasteiger partial charge in [0, 0.05) is 17.4 Å². The van der Waals surface area contributed by atoms with Gasteiger partial charge < -0.3 is 5.32 Å². The molecule has 1 atom stereocenters. The third-order valence-corrected chi connectivity index (χ3v) is 4.39. The van der Waals surface area contributed by atoms with Crippen LogP contribution in [-0.4, -0.2) is 20.5 Å². The van der Waals surface area contributed by atoms with Crippen LogP contribution in [0, 0.1) is 0 Å². The van der Waals surface area contributed by atoms with Crippen LogP contribution < -0.4 is 5.32 Å². The summed E-state index contributed by atoms with van der Waals surface area (Å²) in [5.41, 5.74) is 2.16. The standard InChI is InChI=1S/C16H13ClN4OS/c1-10(11-6-8-18-9-7-11)19-16(22)14-15(23-21-20-14)12-2-4-13(17)5-3-12/h2-10H,1H3,(H,19,22)/t10-/m0/s1. The van der Waals surface area contributed by atoms with Gasteiger partial charge in [-0.15, -0.1) is 5.10 Å². The van der Waals surface area contributed by atoms with E-state index < -0.39 is 0 Å². The van der Waals surface area contributed by atoms with Crippen molar-refractivity contribution in [3.8, 4) is 10.4 Å². The predicted molar refractivity (Wildman–Crippen MR) is 90.5 cm³/mol. The zero-order chi connectivity index (χ0) is 16.2. The Balaban J connectivity index is 1.81. The molecule has 0 bridgehead atoms. The summed E-state index contributed by atoms with van der Waals surface area (Å²) in [6, 6.07) is 10.8. The normalized spacial score (nSPS) is 11.9. The van der Waals surface area contributed by atoms with Crippen LogP contribution in [0.25, 0.3) is 10.4 Å². The Kier molecular flexibility index (Phi) is 4.64. The molecule has 0 radical (unpaired) electrons. The van der Waals surface area contributed by atoms with Gasteiger partial charge >= 0.3 is 0 Å². The van der Waals surface area contributed by atoms with E-state index >= 15 is 0 Å². The Morgan fingerprint density at radius 3 is 2.57 bits per heavy atom. The molecule has 2 aromatic heterocycles. The van der Waals surface area contributed by atoms with E-state index in [2.05, 4.69) is 19.9 Å². The van der Waals surface area contributed by atoms with E-state index in [1.807, 2.05) is 31.2 Å². The second kappa shape index (κ2) is 6.85. The van der Waals surface area contributed by atoms with Crippen molar-refractivity contribution in [2.75, 3.05) is 0 Å². The lowest BCUT2D eigenvalue weighted by molar-refractivity contribution is 0.0935. The van der Waals surface area contributed by atoms with E-state index in [0.29, 0.717) is 10.7 Å². The largest absolute Gasteiger partial charge is 0.344 e. The van der Waals surface area contributed by atoms with Crippen molar-refractivity contribution in [1.29, 1.82) is 0 Å². The molecule has 1 aromatic carbocycles. The van der Waals surface area contributed by atoms with Crippen molar-refractivity contribution < 1.29 is 4.79 Å². The summed E-state index contributed by atoms with van der Waals surface area (Å²) in [4.78, 5) is 17.2. The lowest BCUT2D eigenvalue weighted by Gasteiger charge is -2.13. The molecule has 0 unspecified atom stereocenters. The molecule has 3 rings (SSSR count). The fourth-order valence-corrected chi connectivity index (χ4v) is 2.92.